The van der Waals surface area contributed by atoms with E-state index in [1.165, 1.54) is 0 Å². The van der Waals surface area contributed by atoms with Gasteiger partial charge in [0.15, 0.2) is 5.41 Å². The maximum atomic E-state index is 9.93. The minimum Gasteiger partial charge on any atom is -0.399 e. The molecular weight excluding hydrogens is 328 g/mol. The average molecular weight is 346 g/mol. The lowest BCUT2D eigenvalue weighted by Gasteiger charge is -2.43. The van der Waals surface area contributed by atoms with Gasteiger partial charge in [-0.15, -0.1) is 11.8 Å². The Morgan fingerprint density at radius 1 is 1.16 bits per heavy atom. The number of benzene rings is 1. The molecule has 0 saturated carbocycles. The molecule has 0 amide bonds. The molecule has 0 aliphatic heterocycles. The molecule has 0 heterocycles. The molecule has 0 bridgehead atoms. The first-order valence-corrected chi connectivity index (χ1v) is 9.42. The van der Waals surface area contributed by atoms with Crippen LogP contribution in [0.4, 0.5) is 0 Å². The van der Waals surface area contributed by atoms with Gasteiger partial charge in [-0.05, 0) is 54.7 Å². The SMILES string of the molecule is CSc1ccc([C@@H]2[C@@H]3CCCC=C3C(C#N)=C(N)C2(C#N)C#N)cc1. The fourth-order valence-electron chi connectivity index (χ4n) is 4.06. The van der Waals surface area contributed by atoms with E-state index in [0.717, 1.165) is 35.3 Å². The van der Waals surface area contributed by atoms with Crippen molar-refractivity contribution in [3.8, 4) is 18.2 Å². The lowest BCUT2D eigenvalue weighted by atomic mass is 9.57. The summed E-state index contributed by atoms with van der Waals surface area (Å²) < 4.78 is 0. The van der Waals surface area contributed by atoms with Crippen molar-refractivity contribution in [2.24, 2.45) is 17.1 Å². The topological polar surface area (TPSA) is 97.4 Å². The van der Waals surface area contributed by atoms with E-state index in [9.17, 15) is 15.8 Å². The van der Waals surface area contributed by atoms with Crippen LogP contribution >= 0.6 is 11.8 Å². The zero-order valence-corrected chi connectivity index (χ0v) is 14.8. The Hall–Kier alpha value is -2.68. The zero-order chi connectivity index (χ0) is 18.0. The summed E-state index contributed by atoms with van der Waals surface area (Å²) in [5.74, 6) is -0.391. The second-order valence-corrected chi connectivity index (χ2v) is 7.26. The Balaban J connectivity index is 2.27. The molecule has 0 fully saturated rings. The minimum atomic E-state index is -1.51. The van der Waals surface area contributed by atoms with Crippen molar-refractivity contribution < 1.29 is 0 Å². The first kappa shape index (κ1) is 17.2. The van der Waals surface area contributed by atoms with Gasteiger partial charge in [0.25, 0.3) is 0 Å². The van der Waals surface area contributed by atoms with E-state index in [4.69, 9.17) is 5.73 Å². The standard InChI is InChI=1S/C20H18N4S/c1-25-14-8-6-13(7-9-14)18-16-5-3-2-4-15(16)17(10-21)19(24)20(18,11-22)12-23/h4,6-9,16,18H,2-3,5,24H2,1H3/t16-,18-/m1/s1. The van der Waals surface area contributed by atoms with Crippen LogP contribution in [0.1, 0.15) is 30.7 Å². The molecule has 0 unspecified atom stereocenters. The fraction of sp³-hybridized carbons (Fsp3) is 0.350. The second-order valence-electron chi connectivity index (χ2n) is 6.38. The predicted molar refractivity (Wildman–Crippen MR) is 96.9 cm³/mol. The van der Waals surface area contributed by atoms with E-state index in [1.54, 1.807) is 11.8 Å². The highest BCUT2D eigenvalue weighted by Crippen LogP contribution is 2.55. The molecule has 25 heavy (non-hydrogen) atoms. The van der Waals surface area contributed by atoms with Gasteiger partial charge in [-0.25, -0.2) is 0 Å². The number of hydrogen-bond donors (Lipinski definition) is 1. The van der Waals surface area contributed by atoms with Gasteiger partial charge in [0.2, 0.25) is 0 Å². The summed E-state index contributed by atoms with van der Waals surface area (Å²) in [5, 5.41) is 29.5. The largest absolute Gasteiger partial charge is 0.399 e. The van der Waals surface area contributed by atoms with E-state index < -0.39 is 5.41 Å². The molecule has 0 saturated heterocycles. The molecule has 2 atom stereocenters. The van der Waals surface area contributed by atoms with Crippen LogP contribution in [0, 0.1) is 45.3 Å². The Morgan fingerprint density at radius 2 is 1.84 bits per heavy atom. The number of nitrogens with zero attached hydrogens (tertiary/aromatic N) is 3. The first-order valence-electron chi connectivity index (χ1n) is 8.20. The molecule has 2 N–H and O–H groups in total. The van der Waals surface area contributed by atoms with Gasteiger partial charge in [0.05, 0.1) is 23.4 Å². The van der Waals surface area contributed by atoms with E-state index in [1.807, 2.05) is 30.5 Å². The van der Waals surface area contributed by atoms with Gasteiger partial charge in [-0.2, -0.15) is 15.8 Å². The van der Waals surface area contributed by atoms with Crippen LogP contribution in [0.2, 0.25) is 0 Å². The summed E-state index contributed by atoms with van der Waals surface area (Å²) >= 11 is 1.64. The van der Waals surface area contributed by atoms with E-state index in [2.05, 4.69) is 24.3 Å². The van der Waals surface area contributed by atoms with Gasteiger partial charge in [0, 0.05) is 10.8 Å². The number of rotatable bonds is 2. The van der Waals surface area contributed by atoms with Crippen LogP contribution in [0.25, 0.3) is 0 Å². The maximum Gasteiger partial charge on any atom is 0.191 e. The van der Waals surface area contributed by atoms with Crippen LogP contribution in [0.5, 0.6) is 0 Å². The average Bonchev–Trinajstić information content (AvgIpc) is 2.67. The lowest BCUT2D eigenvalue weighted by molar-refractivity contribution is 0.317. The quantitative estimate of drug-likeness (QED) is 0.816. The molecule has 0 aromatic heterocycles. The molecule has 1 aromatic carbocycles. The first-order chi connectivity index (χ1) is 12.1. The highest BCUT2D eigenvalue weighted by molar-refractivity contribution is 7.98. The number of nitriles is 3. The van der Waals surface area contributed by atoms with Crippen molar-refractivity contribution in [2.75, 3.05) is 6.26 Å². The highest BCUT2D eigenvalue weighted by atomic mass is 32.2. The van der Waals surface area contributed by atoms with Gasteiger partial charge in [-0.3, -0.25) is 0 Å². The Morgan fingerprint density at radius 3 is 2.40 bits per heavy atom. The Kier molecular flexibility index (Phi) is 4.58. The van der Waals surface area contributed by atoms with Gasteiger partial charge in [-0.1, -0.05) is 18.2 Å². The number of thioether (sulfide) groups is 1. The van der Waals surface area contributed by atoms with E-state index >= 15 is 0 Å². The molecule has 3 rings (SSSR count). The van der Waals surface area contributed by atoms with Crippen molar-refractivity contribution in [1.82, 2.24) is 0 Å². The molecule has 2 aliphatic rings. The van der Waals surface area contributed by atoms with Crippen molar-refractivity contribution in [3.63, 3.8) is 0 Å². The monoisotopic (exact) mass is 346 g/mol. The fourth-order valence-corrected chi connectivity index (χ4v) is 4.47. The summed E-state index contributed by atoms with van der Waals surface area (Å²) in [6, 6.07) is 14.5. The van der Waals surface area contributed by atoms with Crippen LogP contribution in [-0.2, 0) is 0 Å². The molecule has 2 aliphatic carbocycles. The predicted octanol–water partition coefficient (Wildman–Crippen LogP) is 4.00. The van der Waals surface area contributed by atoms with Crippen LogP contribution < -0.4 is 5.73 Å². The normalized spacial score (nSPS) is 24.3. The third-order valence-corrected chi connectivity index (χ3v) is 6.02. The number of allylic oxidation sites excluding steroid dienone is 4. The molecule has 0 spiro atoms. The van der Waals surface area contributed by atoms with Gasteiger partial charge in [0.1, 0.15) is 6.07 Å². The molecule has 4 nitrogen and oxygen atoms in total. The summed E-state index contributed by atoms with van der Waals surface area (Å²) in [6.07, 6.45) is 6.80. The van der Waals surface area contributed by atoms with Crippen molar-refractivity contribution in [1.29, 1.82) is 15.8 Å². The third kappa shape index (κ3) is 2.51. The zero-order valence-electron chi connectivity index (χ0n) is 14.0. The second kappa shape index (κ2) is 6.67. The van der Waals surface area contributed by atoms with Crippen LogP contribution in [-0.4, -0.2) is 6.26 Å². The minimum absolute atomic E-state index is 0.0323. The van der Waals surface area contributed by atoms with Gasteiger partial charge >= 0.3 is 0 Å². The Bertz CT molecular complexity index is 860. The lowest BCUT2D eigenvalue weighted by Crippen LogP contribution is -2.42. The van der Waals surface area contributed by atoms with Crippen molar-refractivity contribution in [2.45, 2.75) is 30.1 Å². The molecule has 1 aromatic rings. The smallest absolute Gasteiger partial charge is 0.191 e. The number of hydrogen-bond acceptors (Lipinski definition) is 5. The number of fused-ring (bicyclic) bond motifs is 1. The summed E-state index contributed by atoms with van der Waals surface area (Å²) in [7, 11) is 0. The third-order valence-electron chi connectivity index (χ3n) is 5.27. The molecule has 5 heteroatoms. The number of nitrogens with two attached hydrogens (primary N) is 1. The summed E-state index contributed by atoms with van der Waals surface area (Å²) in [4.78, 5) is 1.12. The Labute approximate surface area is 152 Å². The maximum absolute atomic E-state index is 9.93. The highest BCUT2D eigenvalue weighted by Gasteiger charge is 2.53. The van der Waals surface area contributed by atoms with Crippen LogP contribution in [0.3, 0.4) is 0 Å². The van der Waals surface area contributed by atoms with Crippen molar-refractivity contribution in [3.05, 3.63) is 52.7 Å². The summed E-state index contributed by atoms with van der Waals surface area (Å²) in [5.41, 5.74) is 7.00. The summed E-state index contributed by atoms with van der Waals surface area (Å²) in [6.45, 7) is 0. The van der Waals surface area contributed by atoms with Crippen LogP contribution in [0.15, 0.2) is 52.1 Å². The molecular formula is C20H18N4S. The van der Waals surface area contributed by atoms with E-state index in [0.29, 0.717) is 5.57 Å². The molecule has 0 radical (unpaired) electrons. The van der Waals surface area contributed by atoms with E-state index in [-0.39, 0.29) is 17.5 Å². The van der Waals surface area contributed by atoms with Crippen molar-refractivity contribution >= 4 is 11.8 Å². The molecule has 124 valence electrons. The van der Waals surface area contributed by atoms with Gasteiger partial charge < -0.3 is 5.73 Å².